The van der Waals surface area contributed by atoms with Crippen molar-refractivity contribution in [2.75, 3.05) is 6.61 Å². The van der Waals surface area contributed by atoms with Crippen LogP contribution in [-0.2, 0) is 0 Å². The van der Waals surface area contributed by atoms with Crippen molar-refractivity contribution < 1.29 is 9.53 Å². The monoisotopic (exact) mass is 261 g/mol. The number of rotatable bonds is 5. The van der Waals surface area contributed by atoms with Crippen LogP contribution in [0.4, 0.5) is 0 Å². The molecular formula is C14H15NO2S. The van der Waals surface area contributed by atoms with Crippen LogP contribution >= 0.6 is 11.3 Å². The van der Waals surface area contributed by atoms with E-state index in [1.807, 2.05) is 24.3 Å². The molecular weight excluding hydrogens is 246 g/mol. The highest BCUT2D eigenvalue weighted by molar-refractivity contribution is 7.11. The van der Waals surface area contributed by atoms with Gasteiger partial charge in [-0.25, -0.2) is 4.98 Å². The summed E-state index contributed by atoms with van der Waals surface area (Å²) in [6.07, 6.45) is 1.62. The summed E-state index contributed by atoms with van der Waals surface area (Å²) >= 11 is 1.33. The predicted octanol–water partition coefficient (Wildman–Crippen LogP) is 3.53. The van der Waals surface area contributed by atoms with Gasteiger partial charge in [-0.15, -0.1) is 11.3 Å². The van der Waals surface area contributed by atoms with Gasteiger partial charge in [0.05, 0.1) is 0 Å². The number of ketones is 1. The second kappa shape index (κ2) is 5.78. The number of hydrogen-bond acceptors (Lipinski definition) is 4. The molecule has 4 heteroatoms. The molecule has 18 heavy (non-hydrogen) atoms. The molecule has 2 aromatic rings. The highest BCUT2D eigenvalue weighted by Gasteiger charge is 2.09. The number of ether oxygens (including phenoxy) is 1. The Labute approximate surface area is 110 Å². The summed E-state index contributed by atoms with van der Waals surface area (Å²) in [7, 11) is 0. The van der Waals surface area contributed by atoms with E-state index < -0.39 is 0 Å². The van der Waals surface area contributed by atoms with Crippen molar-refractivity contribution >= 4 is 17.1 Å². The zero-order valence-electron chi connectivity index (χ0n) is 10.4. The molecule has 0 saturated carbocycles. The summed E-state index contributed by atoms with van der Waals surface area (Å²) in [4.78, 5) is 15.6. The van der Waals surface area contributed by atoms with Gasteiger partial charge in [0.15, 0.2) is 11.6 Å². The molecule has 0 fully saturated rings. The fourth-order valence-corrected chi connectivity index (χ4v) is 2.08. The van der Waals surface area contributed by atoms with Gasteiger partial charge >= 0.3 is 0 Å². The molecule has 1 heterocycles. The molecule has 0 saturated heterocycles. The zero-order valence-corrected chi connectivity index (χ0v) is 11.2. The van der Waals surface area contributed by atoms with Crippen LogP contribution < -0.4 is 4.74 Å². The van der Waals surface area contributed by atoms with Crippen molar-refractivity contribution in [1.29, 1.82) is 0 Å². The smallest absolute Gasteiger partial charge is 0.228 e. The third-order valence-corrected chi connectivity index (χ3v) is 3.40. The summed E-state index contributed by atoms with van der Waals surface area (Å²) in [5, 5.41) is 2.28. The van der Waals surface area contributed by atoms with Gasteiger partial charge in [0.25, 0.3) is 0 Å². The molecule has 0 spiro atoms. The quantitative estimate of drug-likeness (QED) is 0.773. The highest BCUT2D eigenvalue weighted by Crippen LogP contribution is 2.18. The molecule has 0 atom stereocenters. The summed E-state index contributed by atoms with van der Waals surface area (Å²) < 4.78 is 5.44. The Morgan fingerprint density at radius 3 is 2.61 bits per heavy atom. The van der Waals surface area contributed by atoms with Gasteiger partial charge < -0.3 is 4.74 Å². The minimum Gasteiger partial charge on any atom is -0.485 e. The SMILES string of the molecule is CC(C)c1ccc(OCC(=O)c2nccs2)cc1. The number of benzene rings is 1. The molecule has 1 aromatic carbocycles. The lowest BCUT2D eigenvalue weighted by molar-refractivity contribution is 0.0921. The molecule has 0 aliphatic heterocycles. The van der Waals surface area contributed by atoms with E-state index in [0.717, 1.165) is 0 Å². The van der Waals surface area contributed by atoms with Gasteiger partial charge in [-0.3, -0.25) is 4.79 Å². The van der Waals surface area contributed by atoms with Gasteiger partial charge in [-0.2, -0.15) is 0 Å². The first-order valence-corrected chi connectivity index (χ1v) is 6.70. The third-order valence-electron chi connectivity index (χ3n) is 2.59. The minimum atomic E-state index is -0.0852. The van der Waals surface area contributed by atoms with E-state index in [2.05, 4.69) is 18.8 Å². The third kappa shape index (κ3) is 3.17. The summed E-state index contributed by atoms with van der Waals surface area (Å²) in [5.74, 6) is 1.12. The molecule has 0 radical (unpaired) electrons. The molecule has 0 unspecified atom stereocenters. The van der Waals surface area contributed by atoms with Crippen LogP contribution in [0.25, 0.3) is 0 Å². The lowest BCUT2D eigenvalue weighted by atomic mass is 10.0. The van der Waals surface area contributed by atoms with Crippen molar-refractivity contribution in [3.63, 3.8) is 0 Å². The second-order valence-electron chi connectivity index (χ2n) is 4.27. The molecule has 94 valence electrons. The summed E-state index contributed by atoms with van der Waals surface area (Å²) in [6, 6.07) is 7.83. The maximum absolute atomic E-state index is 11.7. The number of hydrogen-bond donors (Lipinski definition) is 0. The molecule has 3 nitrogen and oxygen atoms in total. The van der Waals surface area contributed by atoms with Crippen molar-refractivity contribution in [2.45, 2.75) is 19.8 Å². The van der Waals surface area contributed by atoms with Gasteiger partial charge in [0.1, 0.15) is 5.75 Å². The lowest BCUT2D eigenvalue weighted by Crippen LogP contribution is -2.11. The Bertz CT molecular complexity index is 503. The molecule has 0 aliphatic rings. The second-order valence-corrected chi connectivity index (χ2v) is 5.17. The van der Waals surface area contributed by atoms with Gasteiger partial charge in [0.2, 0.25) is 5.78 Å². The first kappa shape index (κ1) is 12.8. The van der Waals surface area contributed by atoms with Crippen LogP contribution in [0.3, 0.4) is 0 Å². The van der Waals surface area contributed by atoms with E-state index in [4.69, 9.17) is 4.74 Å². The summed E-state index contributed by atoms with van der Waals surface area (Å²) in [6.45, 7) is 4.32. The average Bonchev–Trinajstić information content (AvgIpc) is 2.90. The molecule has 1 aromatic heterocycles. The first-order valence-electron chi connectivity index (χ1n) is 5.82. The Morgan fingerprint density at radius 1 is 1.33 bits per heavy atom. The van der Waals surface area contributed by atoms with E-state index in [-0.39, 0.29) is 12.4 Å². The van der Waals surface area contributed by atoms with Crippen LogP contribution in [0, 0.1) is 0 Å². The van der Waals surface area contributed by atoms with E-state index >= 15 is 0 Å². The van der Waals surface area contributed by atoms with Crippen LogP contribution in [0.5, 0.6) is 5.75 Å². The number of thiazole rings is 1. The molecule has 0 aliphatic carbocycles. The van der Waals surface area contributed by atoms with Crippen LogP contribution in [0.1, 0.15) is 35.1 Å². The van der Waals surface area contributed by atoms with Gasteiger partial charge in [-0.1, -0.05) is 26.0 Å². The normalized spacial score (nSPS) is 10.6. The molecule has 0 N–H and O–H groups in total. The maximum atomic E-state index is 11.7. The number of carbonyl (C=O) groups excluding carboxylic acids is 1. The predicted molar refractivity (Wildman–Crippen MR) is 72.5 cm³/mol. The lowest BCUT2D eigenvalue weighted by Gasteiger charge is -2.07. The van der Waals surface area contributed by atoms with Crippen molar-refractivity contribution in [1.82, 2.24) is 4.98 Å². The fourth-order valence-electron chi connectivity index (χ4n) is 1.52. The Balaban J connectivity index is 1.92. The Morgan fingerprint density at radius 2 is 2.06 bits per heavy atom. The molecule has 0 bridgehead atoms. The largest absolute Gasteiger partial charge is 0.485 e. The van der Waals surface area contributed by atoms with Gasteiger partial charge in [-0.05, 0) is 23.6 Å². The molecule has 2 rings (SSSR count). The average molecular weight is 261 g/mol. The minimum absolute atomic E-state index is 0.0362. The van der Waals surface area contributed by atoms with Gasteiger partial charge in [0, 0.05) is 11.6 Å². The fraction of sp³-hybridized carbons (Fsp3) is 0.286. The Kier molecular flexibility index (Phi) is 4.10. The molecule has 0 amide bonds. The first-order chi connectivity index (χ1) is 8.66. The van der Waals surface area contributed by atoms with E-state index in [1.165, 1.54) is 16.9 Å². The summed E-state index contributed by atoms with van der Waals surface area (Å²) in [5.41, 5.74) is 1.26. The Hall–Kier alpha value is -1.68. The van der Waals surface area contributed by atoms with Crippen LogP contribution in [0.2, 0.25) is 0 Å². The number of nitrogens with zero attached hydrogens (tertiary/aromatic N) is 1. The van der Waals surface area contributed by atoms with Crippen molar-refractivity contribution in [2.24, 2.45) is 0 Å². The van der Waals surface area contributed by atoms with Crippen molar-refractivity contribution in [3.05, 3.63) is 46.4 Å². The highest BCUT2D eigenvalue weighted by atomic mass is 32.1. The zero-order chi connectivity index (χ0) is 13.0. The number of aromatic nitrogens is 1. The number of Topliss-reactive ketones (excluding diaryl/α,β-unsaturated/α-hetero) is 1. The van der Waals surface area contributed by atoms with Crippen LogP contribution in [0.15, 0.2) is 35.8 Å². The van der Waals surface area contributed by atoms with E-state index in [0.29, 0.717) is 16.7 Å². The standard InChI is InChI=1S/C14H15NO2S/c1-10(2)11-3-5-12(6-4-11)17-9-13(16)14-15-7-8-18-14/h3-8,10H,9H2,1-2H3. The van der Waals surface area contributed by atoms with Crippen molar-refractivity contribution in [3.8, 4) is 5.75 Å². The van der Waals surface area contributed by atoms with E-state index in [1.54, 1.807) is 11.6 Å². The van der Waals surface area contributed by atoms with Crippen LogP contribution in [-0.4, -0.2) is 17.4 Å². The number of carbonyl (C=O) groups is 1. The topological polar surface area (TPSA) is 39.2 Å². The maximum Gasteiger partial charge on any atom is 0.228 e. The van der Waals surface area contributed by atoms with E-state index in [9.17, 15) is 4.79 Å².